The highest BCUT2D eigenvalue weighted by Gasteiger charge is 2.44. The van der Waals surface area contributed by atoms with E-state index in [1.165, 1.54) is 16.2 Å². The van der Waals surface area contributed by atoms with Crippen molar-refractivity contribution >= 4 is 45.2 Å². The third-order valence-corrected chi connectivity index (χ3v) is 5.57. The number of nitrogens with zero attached hydrogens (tertiary/aromatic N) is 1. The standard InChI is InChI=1S/C22H20BNO2/c1-14-22(2,3)26-23(25-14)20-13-12-19-17-10-5-4-8-15(17)16-9-6-7-11-18(16)21(19)24-20/h4-14H,1-3H3. The second-order valence-corrected chi connectivity index (χ2v) is 7.55. The molecule has 0 amide bonds. The fourth-order valence-corrected chi connectivity index (χ4v) is 3.78. The lowest BCUT2D eigenvalue weighted by Gasteiger charge is -2.21. The largest absolute Gasteiger partial charge is 0.514 e. The minimum atomic E-state index is -0.422. The molecule has 0 saturated carbocycles. The second kappa shape index (κ2) is 5.53. The number of aromatic nitrogens is 1. The van der Waals surface area contributed by atoms with Crippen LogP contribution in [0.15, 0.2) is 60.7 Å². The van der Waals surface area contributed by atoms with Gasteiger partial charge < -0.3 is 9.31 Å². The van der Waals surface area contributed by atoms with Gasteiger partial charge in [-0.1, -0.05) is 54.6 Å². The maximum absolute atomic E-state index is 6.11. The van der Waals surface area contributed by atoms with Crippen LogP contribution in [0.4, 0.5) is 0 Å². The number of fused-ring (bicyclic) bond motifs is 6. The van der Waals surface area contributed by atoms with Crippen molar-refractivity contribution < 1.29 is 9.31 Å². The maximum atomic E-state index is 6.11. The van der Waals surface area contributed by atoms with Gasteiger partial charge in [0, 0.05) is 10.8 Å². The summed E-state index contributed by atoms with van der Waals surface area (Å²) in [6.45, 7) is 6.16. The van der Waals surface area contributed by atoms with Gasteiger partial charge in [-0.25, -0.2) is 0 Å². The Morgan fingerprint density at radius 1 is 0.808 bits per heavy atom. The topological polar surface area (TPSA) is 31.4 Å². The Bertz CT molecular complexity index is 1120. The second-order valence-electron chi connectivity index (χ2n) is 7.55. The highest BCUT2D eigenvalue weighted by Crippen LogP contribution is 2.33. The van der Waals surface area contributed by atoms with Crippen molar-refractivity contribution in [2.24, 2.45) is 0 Å². The van der Waals surface area contributed by atoms with E-state index in [1.807, 2.05) is 13.0 Å². The van der Waals surface area contributed by atoms with Crippen molar-refractivity contribution in [3.8, 4) is 0 Å². The number of benzene rings is 3. The van der Waals surface area contributed by atoms with Crippen LogP contribution in [0.5, 0.6) is 0 Å². The highest BCUT2D eigenvalue weighted by atomic mass is 16.7. The predicted octanol–water partition coefficient (Wildman–Crippen LogP) is 4.45. The molecule has 4 heteroatoms. The van der Waals surface area contributed by atoms with E-state index in [0.717, 1.165) is 21.9 Å². The number of hydrogen-bond acceptors (Lipinski definition) is 3. The molecule has 5 rings (SSSR count). The van der Waals surface area contributed by atoms with Crippen molar-refractivity contribution in [1.29, 1.82) is 0 Å². The molecule has 0 bridgehead atoms. The molecule has 2 heterocycles. The molecule has 3 aromatic carbocycles. The van der Waals surface area contributed by atoms with E-state index in [1.54, 1.807) is 0 Å². The zero-order valence-corrected chi connectivity index (χ0v) is 15.2. The minimum absolute atomic E-state index is 0.0262. The molecular weight excluding hydrogens is 321 g/mol. The zero-order chi connectivity index (χ0) is 17.9. The van der Waals surface area contributed by atoms with Crippen molar-refractivity contribution in [3.05, 3.63) is 60.7 Å². The van der Waals surface area contributed by atoms with Gasteiger partial charge in [-0.05, 0) is 43.0 Å². The molecule has 1 atom stereocenters. The molecule has 4 aromatic rings. The molecule has 1 fully saturated rings. The highest BCUT2D eigenvalue weighted by molar-refractivity contribution is 6.61. The predicted molar refractivity (Wildman–Crippen MR) is 108 cm³/mol. The first-order valence-electron chi connectivity index (χ1n) is 9.08. The molecule has 1 aliphatic rings. The fraction of sp³-hybridized carbons (Fsp3) is 0.227. The zero-order valence-electron chi connectivity index (χ0n) is 15.2. The molecule has 1 aliphatic heterocycles. The van der Waals surface area contributed by atoms with Gasteiger partial charge in [0.25, 0.3) is 0 Å². The monoisotopic (exact) mass is 341 g/mol. The van der Waals surface area contributed by atoms with Crippen LogP contribution in [0.25, 0.3) is 32.4 Å². The first-order chi connectivity index (χ1) is 12.5. The molecule has 1 unspecified atom stereocenters. The maximum Gasteiger partial charge on any atom is 0.514 e. The Labute approximate surface area is 153 Å². The van der Waals surface area contributed by atoms with Gasteiger partial charge in [0.05, 0.1) is 22.8 Å². The molecule has 0 aliphatic carbocycles. The molecule has 1 saturated heterocycles. The summed E-state index contributed by atoms with van der Waals surface area (Å²) < 4.78 is 12.1. The Kier molecular flexibility index (Phi) is 3.36. The average molecular weight is 341 g/mol. The summed E-state index contributed by atoms with van der Waals surface area (Å²) in [4.78, 5) is 4.99. The van der Waals surface area contributed by atoms with Crippen LogP contribution in [0.3, 0.4) is 0 Å². The van der Waals surface area contributed by atoms with Gasteiger partial charge in [0.15, 0.2) is 0 Å². The fourth-order valence-electron chi connectivity index (χ4n) is 3.78. The summed E-state index contributed by atoms with van der Waals surface area (Å²) in [5, 5.41) is 6.03. The van der Waals surface area contributed by atoms with Gasteiger partial charge >= 0.3 is 7.12 Å². The smallest absolute Gasteiger partial charge is 0.401 e. The molecule has 3 nitrogen and oxygen atoms in total. The first-order valence-corrected chi connectivity index (χ1v) is 9.08. The Hall–Kier alpha value is -2.43. The van der Waals surface area contributed by atoms with Crippen LogP contribution in [0.1, 0.15) is 20.8 Å². The van der Waals surface area contributed by atoms with E-state index in [-0.39, 0.29) is 11.7 Å². The van der Waals surface area contributed by atoms with Gasteiger partial charge in [-0.2, -0.15) is 0 Å². The molecule has 0 radical (unpaired) electrons. The summed E-state index contributed by atoms with van der Waals surface area (Å²) in [7, 11) is -0.422. The third kappa shape index (κ3) is 2.26. The van der Waals surface area contributed by atoms with Gasteiger partial charge in [0.2, 0.25) is 0 Å². The van der Waals surface area contributed by atoms with Crippen LogP contribution in [-0.2, 0) is 9.31 Å². The Morgan fingerprint density at radius 2 is 1.35 bits per heavy atom. The summed E-state index contributed by atoms with van der Waals surface area (Å²) in [5.74, 6) is 0. The van der Waals surface area contributed by atoms with Crippen molar-refractivity contribution in [1.82, 2.24) is 4.98 Å². The molecule has 0 spiro atoms. The number of hydrogen-bond donors (Lipinski definition) is 0. The molecule has 0 N–H and O–H groups in total. The summed E-state index contributed by atoms with van der Waals surface area (Å²) in [6.07, 6.45) is 0.0262. The Balaban J connectivity index is 1.79. The normalized spacial score (nSPS) is 19.7. The van der Waals surface area contributed by atoms with Gasteiger partial charge in [-0.15, -0.1) is 0 Å². The van der Waals surface area contributed by atoms with E-state index in [2.05, 4.69) is 68.4 Å². The number of rotatable bonds is 1. The first kappa shape index (κ1) is 15.8. The van der Waals surface area contributed by atoms with Crippen LogP contribution >= 0.6 is 0 Å². The molecule has 128 valence electrons. The van der Waals surface area contributed by atoms with Crippen molar-refractivity contribution in [2.75, 3.05) is 0 Å². The van der Waals surface area contributed by atoms with Crippen LogP contribution in [0, 0.1) is 0 Å². The van der Waals surface area contributed by atoms with E-state index in [9.17, 15) is 0 Å². The lowest BCUT2D eigenvalue weighted by atomic mass is 9.83. The van der Waals surface area contributed by atoms with E-state index >= 15 is 0 Å². The minimum Gasteiger partial charge on any atom is -0.401 e. The SMILES string of the molecule is CC1OB(c2ccc3c4ccccc4c4ccccc4c3n2)OC1(C)C. The van der Waals surface area contributed by atoms with Crippen molar-refractivity contribution in [2.45, 2.75) is 32.5 Å². The van der Waals surface area contributed by atoms with Crippen LogP contribution in [-0.4, -0.2) is 23.8 Å². The van der Waals surface area contributed by atoms with Gasteiger partial charge in [0.1, 0.15) is 0 Å². The van der Waals surface area contributed by atoms with E-state index in [4.69, 9.17) is 14.3 Å². The lowest BCUT2D eigenvalue weighted by molar-refractivity contribution is 0.0842. The van der Waals surface area contributed by atoms with E-state index < -0.39 is 7.12 Å². The van der Waals surface area contributed by atoms with Crippen LogP contribution in [0.2, 0.25) is 0 Å². The summed E-state index contributed by atoms with van der Waals surface area (Å²) in [6, 6.07) is 21.2. The van der Waals surface area contributed by atoms with Crippen molar-refractivity contribution in [3.63, 3.8) is 0 Å². The third-order valence-electron chi connectivity index (χ3n) is 5.57. The quantitative estimate of drug-likeness (QED) is 0.379. The summed E-state index contributed by atoms with van der Waals surface area (Å²) >= 11 is 0. The summed E-state index contributed by atoms with van der Waals surface area (Å²) in [5.41, 5.74) is 1.52. The number of pyridine rings is 1. The molecule has 26 heavy (non-hydrogen) atoms. The Morgan fingerprint density at radius 3 is 1.92 bits per heavy atom. The lowest BCUT2D eigenvalue weighted by Crippen LogP contribution is -2.36. The van der Waals surface area contributed by atoms with Crippen LogP contribution < -0.4 is 5.59 Å². The average Bonchev–Trinajstić information content (AvgIpc) is 2.94. The molecular formula is C22H20BNO2. The van der Waals surface area contributed by atoms with Gasteiger partial charge in [-0.3, -0.25) is 4.98 Å². The van der Waals surface area contributed by atoms with E-state index in [0.29, 0.717) is 0 Å². The molecule has 1 aromatic heterocycles.